The van der Waals surface area contributed by atoms with E-state index in [2.05, 4.69) is 15.6 Å². The topological polar surface area (TPSA) is 174 Å². The molecular formula is C51H59Cl2N5O9. The number of ether oxygens (including phenoxy) is 3. The molecule has 0 radical (unpaired) electrons. The van der Waals surface area contributed by atoms with Gasteiger partial charge in [0, 0.05) is 38.3 Å². The van der Waals surface area contributed by atoms with Crippen LogP contribution in [0.4, 0.5) is 9.59 Å². The average molecular weight is 957 g/mol. The van der Waals surface area contributed by atoms with Crippen molar-refractivity contribution in [3.05, 3.63) is 124 Å². The fourth-order valence-corrected chi connectivity index (χ4v) is 8.64. The molecule has 2 N–H and O–H groups in total. The zero-order chi connectivity index (χ0) is 48.5. The normalized spacial score (nSPS) is 16.0. The maximum atomic E-state index is 15.4. The van der Waals surface area contributed by atoms with Crippen LogP contribution in [-0.4, -0.2) is 99.6 Å². The number of nitrogens with zero attached hydrogens (tertiary/aromatic N) is 3. The predicted octanol–water partition coefficient (Wildman–Crippen LogP) is 8.83. The van der Waals surface area contributed by atoms with E-state index in [4.69, 9.17) is 37.4 Å². The highest BCUT2D eigenvalue weighted by Gasteiger charge is 2.46. The van der Waals surface area contributed by atoms with Crippen molar-refractivity contribution in [1.29, 1.82) is 0 Å². The van der Waals surface area contributed by atoms with Gasteiger partial charge in [-0.05, 0) is 101 Å². The van der Waals surface area contributed by atoms with Crippen molar-refractivity contribution >= 4 is 59.0 Å². The van der Waals surface area contributed by atoms with Gasteiger partial charge in [0.05, 0.1) is 23.3 Å². The number of fused-ring (bicyclic) bond motifs is 3. The minimum absolute atomic E-state index is 0.0322. The SMILES string of the molecule is CC(C)(C)OC(=O)CC[C@H](C(=O)NCc1ccc(Cl)c(Cl)n1)N(CCC(=O)CCc1ccccc1)C(=O)[C@@H]1C[C@@H](NC(=O)OC(C)(C)C)CN1C(=O)OCC1c2ccccc2-c2ccccc21. The van der Waals surface area contributed by atoms with E-state index >= 15 is 4.79 Å². The zero-order valence-corrected chi connectivity index (χ0v) is 40.3. The summed E-state index contributed by atoms with van der Waals surface area (Å²) in [5, 5.41) is 5.88. The third kappa shape index (κ3) is 14.0. The van der Waals surface area contributed by atoms with Crippen LogP contribution in [0.25, 0.3) is 11.1 Å². The van der Waals surface area contributed by atoms with Crippen LogP contribution in [0.1, 0.15) is 102 Å². The summed E-state index contributed by atoms with van der Waals surface area (Å²) in [4.78, 5) is 91.0. The second kappa shape index (κ2) is 22.2. The molecule has 1 saturated heterocycles. The highest BCUT2D eigenvalue weighted by Crippen LogP contribution is 2.44. The van der Waals surface area contributed by atoms with Gasteiger partial charge in [0.15, 0.2) is 0 Å². The molecule has 1 aliphatic carbocycles. The Hall–Kier alpha value is -5.99. The van der Waals surface area contributed by atoms with E-state index < -0.39 is 59.3 Å². The minimum atomic E-state index is -1.34. The number of benzene rings is 3. The monoisotopic (exact) mass is 955 g/mol. The lowest BCUT2D eigenvalue weighted by Gasteiger charge is -2.35. The third-order valence-corrected chi connectivity index (χ3v) is 12.0. The van der Waals surface area contributed by atoms with Crippen molar-refractivity contribution in [1.82, 2.24) is 25.4 Å². The molecule has 6 rings (SSSR count). The number of halogens is 2. The van der Waals surface area contributed by atoms with E-state index in [0.29, 0.717) is 12.1 Å². The van der Waals surface area contributed by atoms with E-state index in [1.807, 2.05) is 78.9 Å². The Labute approximate surface area is 402 Å². The molecule has 2 aliphatic rings. The second-order valence-corrected chi connectivity index (χ2v) is 19.6. The number of ketones is 1. The minimum Gasteiger partial charge on any atom is -0.460 e. The average Bonchev–Trinajstić information content (AvgIpc) is 3.84. The van der Waals surface area contributed by atoms with Gasteiger partial charge in [0.25, 0.3) is 0 Å². The Morgan fingerprint density at radius 2 is 1.42 bits per heavy atom. The van der Waals surface area contributed by atoms with E-state index in [9.17, 15) is 24.0 Å². The standard InChI is InChI=1S/C51H59Cl2N5O9/c1-50(2,3)66-44(60)25-24-42(46(61)54-29-33-21-23-41(52)45(53)55-33)57(27-26-35(59)22-20-32-14-8-7-9-15-32)47(62)43-28-34(56-48(63)67-51(4,5)6)30-58(43)49(64)65-31-40-38-18-12-10-16-36(38)37-17-11-13-19-39(37)40/h7-19,21,23,34,40,42-43H,20,22,24-31H2,1-6H3,(H,54,61)(H,56,63)/t34-,42-,43+/m1/s1. The largest absolute Gasteiger partial charge is 0.460 e. The zero-order valence-electron chi connectivity index (χ0n) is 38.8. The maximum absolute atomic E-state index is 15.4. The Kier molecular flexibility index (Phi) is 16.7. The van der Waals surface area contributed by atoms with Crippen LogP contribution >= 0.6 is 23.2 Å². The highest BCUT2D eigenvalue weighted by molar-refractivity contribution is 6.41. The molecule has 1 fully saturated rings. The molecule has 1 aliphatic heterocycles. The summed E-state index contributed by atoms with van der Waals surface area (Å²) in [6, 6.07) is 25.0. The van der Waals surface area contributed by atoms with Gasteiger partial charge in [-0.15, -0.1) is 0 Å². The Morgan fingerprint density at radius 3 is 2.04 bits per heavy atom. The van der Waals surface area contributed by atoms with E-state index in [0.717, 1.165) is 27.8 Å². The summed E-state index contributed by atoms with van der Waals surface area (Å²) in [6.07, 6.45) is -1.61. The number of alkyl carbamates (subject to hydrolysis) is 1. The Bertz CT molecular complexity index is 2390. The number of pyridine rings is 1. The Balaban J connectivity index is 1.31. The quantitative estimate of drug-likeness (QED) is 0.0592. The molecular weight excluding hydrogens is 897 g/mol. The van der Waals surface area contributed by atoms with E-state index in [1.54, 1.807) is 47.6 Å². The predicted molar refractivity (Wildman–Crippen MR) is 254 cm³/mol. The van der Waals surface area contributed by atoms with Gasteiger partial charge < -0.3 is 29.7 Å². The van der Waals surface area contributed by atoms with Gasteiger partial charge in [-0.2, -0.15) is 0 Å². The summed E-state index contributed by atoms with van der Waals surface area (Å²) in [5.41, 5.74) is 3.72. The number of likely N-dealkylation sites (tertiary alicyclic amines) is 1. The molecule has 4 amide bonds. The first-order valence-corrected chi connectivity index (χ1v) is 23.3. The van der Waals surface area contributed by atoms with Crippen LogP contribution in [0.3, 0.4) is 0 Å². The summed E-state index contributed by atoms with van der Waals surface area (Å²) >= 11 is 12.3. The lowest BCUT2D eigenvalue weighted by atomic mass is 9.98. The molecule has 14 nitrogen and oxygen atoms in total. The van der Waals surface area contributed by atoms with Gasteiger partial charge in [-0.3, -0.25) is 24.1 Å². The fraction of sp³-hybridized carbons (Fsp3) is 0.431. The number of nitrogens with one attached hydrogen (secondary N) is 2. The number of esters is 1. The molecule has 67 heavy (non-hydrogen) atoms. The van der Waals surface area contributed by atoms with Crippen LogP contribution in [0, 0.1) is 0 Å². The summed E-state index contributed by atoms with van der Waals surface area (Å²) in [6.45, 7) is 9.78. The van der Waals surface area contributed by atoms with Gasteiger partial charge in [0.1, 0.15) is 40.8 Å². The van der Waals surface area contributed by atoms with Gasteiger partial charge in [-0.1, -0.05) is 102 Å². The van der Waals surface area contributed by atoms with Crippen molar-refractivity contribution in [2.24, 2.45) is 0 Å². The van der Waals surface area contributed by atoms with Crippen LogP contribution < -0.4 is 10.6 Å². The molecule has 0 bridgehead atoms. The number of hydrogen-bond donors (Lipinski definition) is 2. The number of hydrogen-bond acceptors (Lipinski definition) is 10. The van der Waals surface area contributed by atoms with Crippen LogP contribution in [0.2, 0.25) is 10.2 Å². The first-order chi connectivity index (χ1) is 31.8. The van der Waals surface area contributed by atoms with Gasteiger partial charge >= 0.3 is 18.2 Å². The molecule has 4 aromatic rings. The van der Waals surface area contributed by atoms with Crippen molar-refractivity contribution in [3.8, 4) is 11.1 Å². The fourth-order valence-electron chi connectivity index (χ4n) is 8.36. The molecule has 0 saturated carbocycles. The van der Waals surface area contributed by atoms with E-state index in [1.165, 1.54) is 15.9 Å². The van der Waals surface area contributed by atoms with Crippen LogP contribution in [0.15, 0.2) is 91.0 Å². The molecule has 0 spiro atoms. The number of amides is 4. The molecule has 1 aromatic heterocycles. The number of aryl methyl sites for hydroxylation is 1. The summed E-state index contributed by atoms with van der Waals surface area (Å²) in [5.74, 6) is -2.40. The van der Waals surface area contributed by atoms with Crippen molar-refractivity contribution < 1.29 is 43.0 Å². The van der Waals surface area contributed by atoms with E-state index in [-0.39, 0.29) is 80.2 Å². The summed E-state index contributed by atoms with van der Waals surface area (Å²) in [7, 11) is 0. The molecule has 3 atom stereocenters. The molecule has 356 valence electrons. The summed E-state index contributed by atoms with van der Waals surface area (Å²) < 4.78 is 17.2. The van der Waals surface area contributed by atoms with Crippen LogP contribution in [0.5, 0.6) is 0 Å². The first kappa shape index (κ1) is 50.4. The molecule has 0 unspecified atom stereocenters. The number of rotatable bonds is 17. The third-order valence-electron chi connectivity index (χ3n) is 11.4. The maximum Gasteiger partial charge on any atom is 0.410 e. The number of Topliss-reactive ketones (excluding diaryl/α,β-unsaturated/α-hetero) is 1. The molecule has 16 heteroatoms. The lowest BCUT2D eigenvalue weighted by Crippen LogP contribution is -2.56. The van der Waals surface area contributed by atoms with Crippen molar-refractivity contribution in [2.75, 3.05) is 19.7 Å². The Morgan fingerprint density at radius 1 is 0.791 bits per heavy atom. The van der Waals surface area contributed by atoms with Gasteiger partial charge in [0.2, 0.25) is 11.8 Å². The highest BCUT2D eigenvalue weighted by atomic mass is 35.5. The number of aromatic nitrogens is 1. The van der Waals surface area contributed by atoms with Crippen LogP contribution in [-0.2, 0) is 46.4 Å². The van der Waals surface area contributed by atoms with Gasteiger partial charge in [-0.25, -0.2) is 14.6 Å². The lowest BCUT2D eigenvalue weighted by molar-refractivity contribution is -0.156. The molecule has 2 heterocycles. The number of carbonyl (C=O) groups excluding carboxylic acids is 6. The number of carbonyl (C=O) groups is 6. The second-order valence-electron chi connectivity index (χ2n) is 18.8. The smallest absolute Gasteiger partial charge is 0.410 e. The van der Waals surface area contributed by atoms with Crippen molar-refractivity contribution in [3.63, 3.8) is 0 Å². The van der Waals surface area contributed by atoms with Crippen molar-refractivity contribution in [2.45, 2.75) is 122 Å². The first-order valence-electron chi connectivity index (χ1n) is 22.5. The molecule has 3 aromatic carbocycles.